The molecule has 0 spiro atoms. The number of aromatic nitrogens is 3. The van der Waals surface area contributed by atoms with Gasteiger partial charge in [-0.25, -0.2) is 14.5 Å². The Hall–Kier alpha value is -4.45. The van der Waals surface area contributed by atoms with Crippen LogP contribution in [0.2, 0.25) is 0 Å². The van der Waals surface area contributed by atoms with Crippen molar-refractivity contribution in [2.75, 3.05) is 18.0 Å². The summed E-state index contributed by atoms with van der Waals surface area (Å²) < 4.78 is 7.64. The zero-order valence-electron chi connectivity index (χ0n) is 19.6. The molecule has 6 heteroatoms. The molecule has 0 amide bonds. The molecule has 0 bridgehead atoms. The molecule has 0 aliphatic heterocycles. The molecule has 0 saturated carbocycles. The summed E-state index contributed by atoms with van der Waals surface area (Å²) in [6.45, 7) is 5.97. The van der Waals surface area contributed by atoms with Gasteiger partial charge >= 0.3 is 5.63 Å². The standard InChI is InChI=1S/C29H24N4O2/c1-3-32(4-2)21-15-16-22-24(17-21)35-29(34)23-18-30-28-26(25(22)23)27(19-11-7-5-8-12-19)31-33(28)20-13-9-6-10-14-20/h5-18H,3-4H2,1-2H3. The number of hydrogen-bond acceptors (Lipinski definition) is 5. The second kappa shape index (κ2) is 8.40. The maximum atomic E-state index is 13.1. The first-order chi connectivity index (χ1) is 17.2. The van der Waals surface area contributed by atoms with Crippen LogP contribution >= 0.6 is 0 Å². The van der Waals surface area contributed by atoms with Gasteiger partial charge in [0.25, 0.3) is 0 Å². The van der Waals surface area contributed by atoms with Crippen LogP contribution in [-0.2, 0) is 0 Å². The molecule has 0 radical (unpaired) electrons. The first kappa shape index (κ1) is 21.1. The number of para-hydroxylation sites is 1. The Morgan fingerprint density at radius 1 is 0.857 bits per heavy atom. The molecular weight excluding hydrogens is 436 g/mol. The Balaban J connectivity index is 1.77. The lowest BCUT2D eigenvalue weighted by atomic mass is 10.0. The fourth-order valence-corrected chi connectivity index (χ4v) is 4.81. The summed E-state index contributed by atoms with van der Waals surface area (Å²) in [4.78, 5) is 20.1. The van der Waals surface area contributed by atoms with Crippen molar-refractivity contribution in [2.45, 2.75) is 13.8 Å². The van der Waals surface area contributed by atoms with E-state index in [0.717, 1.165) is 51.9 Å². The maximum absolute atomic E-state index is 13.1. The van der Waals surface area contributed by atoms with Gasteiger partial charge in [-0.05, 0) is 38.1 Å². The van der Waals surface area contributed by atoms with Crippen molar-refractivity contribution in [3.05, 3.63) is 95.5 Å². The minimum absolute atomic E-state index is 0.398. The smallest absolute Gasteiger partial charge is 0.345 e. The quantitative estimate of drug-likeness (QED) is 0.227. The van der Waals surface area contributed by atoms with Crippen LogP contribution in [-0.4, -0.2) is 27.9 Å². The molecule has 0 N–H and O–H groups in total. The van der Waals surface area contributed by atoms with Gasteiger partial charge in [0.15, 0.2) is 5.65 Å². The van der Waals surface area contributed by atoms with Gasteiger partial charge in [0.05, 0.1) is 16.5 Å². The highest BCUT2D eigenvalue weighted by molar-refractivity contribution is 6.21. The molecule has 6 aromatic rings. The van der Waals surface area contributed by atoms with Gasteiger partial charge in [0, 0.05) is 47.4 Å². The highest BCUT2D eigenvalue weighted by atomic mass is 16.4. The van der Waals surface area contributed by atoms with E-state index in [4.69, 9.17) is 14.5 Å². The minimum atomic E-state index is -0.398. The van der Waals surface area contributed by atoms with E-state index in [1.54, 1.807) is 6.20 Å². The van der Waals surface area contributed by atoms with Crippen LogP contribution < -0.4 is 10.5 Å². The van der Waals surface area contributed by atoms with Crippen LogP contribution in [0.1, 0.15) is 13.8 Å². The molecule has 3 heterocycles. The molecule has 3 aromatic heterocycles. The first-order valence-corrected chi connectivity index (χ1v) is 11.8. The van der Waals surface area contributed by atoms with Crippen LogP contribution in [0.3, 0.4) is 0 Å². The molecule has 0 atom stereocenters. The van der Waals surface area contributed by atoms with Crippen LogP contribution in [0.5, 0.6) is 0 Å². The second-order valence-electron chi connectivity index (χ2n) is 8.45. The zero-order chi connectivity index (χ0) is 23.9. The summed E-state index contributed by atoms with van der Waals surface area (Å²) in [6, 6.07) is 26.0. The zero-order valence-corrected chi connectivity index (χ0v) is 19.6. The SMILES string of the molecule is CCN(CC)c1ccc2c(c1)oc(=O)c1cnc3c(c(-c4ccccc4)nn3-c3ccccc3)c12. The Labute approximate surface area is 202 Å². The Morgan fingerprint density at radius 3 is 2.29 bits per heavy atom. The van der Waals surface area contributed by atoms with Gasteiger partial charge in [-0.1, -0.05) is 48.5 Å². The summed E-state index contributed by atoms with van der Waals surface area (Å²) in [5, 5.41) is 7.97. The van der Waals surface area contributed by atoms with E-state index in [2.05, 4.69) is 24.8 Å². The van der Waals surface area contributed by atoms with Crippen molar-refractivity contribution >= 4 is 38.5 Å². The molecule has 3 aromatic carbocycles. The fraction of sp³-hybridized carbons (Fsp3) is 0.138. The van der Waals surface area contributed by atoms with E-state index in [9.17, 15) is 4.79 Å². The van der Waals surface area contributed by atoms with Gasteiger partial charge < -0.3 is 9.32 Å². The summed E-state index contributed by atoms with van der Waals surface area (Å²) in [5.74, 6) is 0. The normalized spacial score (nSPS) is 11.5. The van der Waals surface area contributed by atoms with E-state index in [1.807, 2.05) is 77.5 Å². The summed E-state index contributed by atoms with van der Waals surface area (Å²) in [5.41, 5.74) is 4.53. The molecule has 6 nitrogen and oxygen atoms in total. The van der Waals surface area contributed by atoms with E-state index in [1.165, 1.54) is 0 Å². The third kappa shape index (κ3) is 3.37. The monoisotopic (exact) mass is 460 g/mol. The molecule has 0 saturated heterocycles. The number of nitrogens with zero attached hydrogens (tertiary/aromatic N) is 4. The predicted molar refractivity (Wildman–Crippen MR) is 141 cm³/mol. The second-order valence-corrected chi connectivity index (χ2v) is 8.45. The first-order valence-electron chi connectivity index (χ1n) is 11.8. The number of hydrogen-bond donors (Lipinski definition) is 0. The minimum Gasteiger partial charge on any atom is -0.422 e. The van der Waals surface area contributed by atoms with Crippen molar-refractivity contribution in [2.24, 2.45) is 0 Å². The van der Waals surface area contributed by atoms with E-state index < -0.39 is 5.63 Å². The molecule has 172 valence electrons. The largest absolute Gasteiger partial charge is 0.422 e. The molecule has 0 fully saturated rings. The Morgan fingerprint density at radius 2 is 1.57 bits per heavy atom. The lowest BCUT2D eigenvalue weighted by molar-refractivity contribution is 0.569. The van der Waals surface area contributed by atoms with Crippen molar-refractivity contribution in [3.8, 4) is 16.9 Å². The van der Waals surface area contributed by atoms with E-state index >= 15 is 0 Å². The summed E-state index contributed by atoms with van der Waals surface area (Å²) in [6.07, 6.45) is 1.61. The van der Waals surface area contributed by atoms with Crippen LogP contribution in [0.4, 0.5) is 5.69 Å². The number of pyridine rings is 1. The molecule has 6 rings (SSSR count). The predicted octanol–water partition coefficient (Wildman–Crippen LogP) is 6.19. The number of rotatable bonds is 5. The molecule has 0 aliphatic rings. The summed E-state index contributed by atoms with van der Waals surface area (Å²) >= 11 is 0. The fourth-order valence-electron chi connectivity index (χ4n) is 4.81. The molecule has 0 unspecified atom stereocenters. The number of benzene rings is 3. The Kier molecular flexibility index (Phi) is 5.07. The number of anilines is 1. The molecule has 0 aliphatic carbocycles. The van der Waals surface area contributed by atoms with Crippen molar-refractivity contribution in [1.29, 1.82) is 0 Å². The summed E-state index contributed by atoms with van der Waals surface area (Å²) in [7, 11) is 0. The Bertz CT molecular complexity index is 1730. The van der Waals surface area contributed by atoms with Gasteiger partial charge in [-0.15, -0.1) is 0 Å². The van der Waals surface area contributed by atoms with Crippen LogP contribution in [0, 0.1) is 0 Å². The highest BCUT2D eigenvalue weighted by Crippen LogP contribution is 2.37. The van der Waals surface area contributed by atoms with E-state index in [-0.39, 0.29) is 0 Å². The number of fused-ring (bicyclic) bond motifs is 5. The average Bonchev–Trinajstić information content (AvgIpc) is 3.30. The van der Waals surface area contributed by atoms with E-state index in [0.29, 0.717) is 16.6 Å². The van der Waals surface area contributed by atoms with Crippen molar-refractivity contribution < 1.29 is 4.42 Å². The lowest BCUT2D eigenvalue weighted by Gasteiger charge is -2.21. The average molecular weight is 461 g/mol. The van der Waals surface area contributed by atoms with Gasteiger partial charge in [0.2, 0.25) is 0 Å². The lowest BCUT2D eigenvalue weighted by Crippen LogP contribution is -2.21. The highest BCUT2D eigenvalue weighted by Gasteiger charge is 2.21. The maximum Gasteiger partial charge on any atom is 0.345 e. The van der Waals surface area contributed by atoms with Crippen molar-refractivity contribution in [3.63, 3.8) is 0 Å². The van der Waals surface area contributed by atoms with Gasteiger partial charge in [-0.2, -0.15) is 5.10 Å². The van der Waals surface area contributed by atoms with Crippen molar-refractivity contribution in [1.82, 2.24) is 14.8 Å². The van der Waals surface area contributed by atoms with Gasteiger partial charge in [0.1, 0.15) is 11.3 Å². The molecular formula is C29H24N4O2. The third-order valence-corrected chi connectivity index (χ3v) is 6.53. The molecule has 35 heavy (non-hydrogen) atoms. The van der Waals surface area contributed by atoms with Crippen LogP contribution in [0.15, 0.2) is 94.3 Å². The topological polar surface area (TPSA) is 64.2 Å². The third-order valence-electron chi connectivity index (χ3n) is 6.53. The van der Waals surface area contributed by atoms with Gasteiger partial charge in [-0.3, -0.25) is 0 Å². The van der Waals surface area contributed by atoms with Crippen LogP contribution in [0.25, 0.3) is 49.7 Å².